The number of ketones is 1. The SMILES string of the molecule is O=C(O)C1CCC(C(=O)c2cc(Cl)cc3c2OCC3)C1. The molecule has 1 aromatic rings. The van der Waals surface area contributed by atoms with Gasteiger partial charge in [0.2, 0.25) is 0 Å². The van der Waals surface area contributed by atoms with Crippen molar-refractivity contribution >= 4 is 23.4 Å². The van der Waals surface area contributed by atoms with E-state index >= 15 is 0 Å². The number of benzene rings is 1. The predicted molar refractivity (Wildman–Crippen MR) is 73.4 cm³/mol. The van der Waals surface area contributed by atoms with E-state index in [2.05, 4.69) is 0 Å². The van der Waals surface area contributed by atoms with Crippen LogP contribution in [0.2, 0.25) is 5.02 Å². The van der Waals surface area contributed by atoms with Gasteiger partial charge >= 0.3 is 5.97 Å². The number of hydrogen-bond donors (Lipinski definition) is 1. The third-order valence-electron chi connectivity index (χ3n) is 4.17. The highest BCUT2D eigenvalue weighted by Gasteiger charge is 2.36. The molecule has 3 rings (SSSR count). The second-order valence-electron chi connectivity index (χ2n) is 5.45. The Morgan fingerprint density at radius 1 is 1.25 bits per heavy atom. The van der Waals surface area contributed by atoms with Gasteiger partial charge in [0.05, 0.1) is 18.1 Å². The number of fused-ring (bicyclic) bond motifs is 1. The summed E-state index contributed by atoms with van der Waals surface area (Å²) in [6.45, 7) is 0.568. The molecule has 0 spiro atoms. The van der Waals surface area contributed by atoms with E-state index in [0.29, 0.717) is 42.2 Å². The van der Waals surface area contributed by atoms with E-state index in [1.807, 2.05) is 6.07 Å². The summed E-state index contributed by atoms with van der Waals surface area (Å²) >= 11 is 6.06. The van der Waals surface area contributed by atoms with E-state index in [9.17, 15) is 9.59 Å². The van der Waals surface area contributed by atoms with E-state index < -0.39 is 11.9 Å². The zero-order valence-corrected chi connectivity index (χ0v) is 11.7. The van der Waals surface area contributed by atoms with E-state index in [1.54, 1.807) is 6.07 Å². The maximum Gasteiger partial charge on any atom is 0.306 e. The number of rotatable bonds is 3. The maximum absolute atomic E-state index is 12.6. The topological polar surface area (TPSA) is 63.6 Å². The Bertz CT molecular complexity index is 581. The zero-order valence-electron chi connectivity index (χ0n) is 10.9. The largest absolute Gasteiger partial charge is 0.492 e. The molecule has 0 saturated heterocycles. The van der Waals surface area contributed by atoms with Gasteiger partial charge in [-0.05, 0) is 37.0 Å². The van der Waals surface area contributed by atoms with Crippen molar-refractivity contribution in [2.24, 2.45) is 11.8 Å². The van der Waals surface area contributed by atoms with Crippen LogP contribution in [0.4, 0.5) is 0 Å². The number of halogens is 1. The second kappa shape index (κ2) is 5.09. The molecule has 1 aliphatic carbocycles. The minimum absolute atomic E-state index is 0.0330. The summed E-state index contributed by atoms with van der Waals surface area (Å²) in [4.78, 5) is 23.6. The standard InChI is InChI=1S/C15H15ClO4/c16-11-6-9-3-4-20-14(9)12(7-11)13(17)8-1-2-10(5-8)15(18)19/h6-8,10H,1-5H2,(H,18,19). The molecular weight excluding hydrogens is 280 g/mol. The molecule has 1 heterocycles. The van der Waals surface area contributed by atoms with Crippen molar-refractivity contribution in [3.8, 4) is 5.75 Å². The van der Waals surface area contributed by atoms with Crippen LogP contribution in [0, 0.1) is 11.8 Å². The molecule has 1 N–H and O–H groups in total. The number of carbonyl (C=O) groups excluding carboxylic acids is 1. The van der Waals surface area contributed by atoms with Gasteiger partial charge in [-0.25, -0.2) is 0 Å². The number of carboxylic acid groups (broad SMARTS) is 1. The summed E-state index contributed by atoms with van der Waals surface area (Å²) in [6, 6.07) is 3.47. The van der Waals surface area contributed by atoms with E-state index in [0.717, 1.165) is 12.0 Å². The molecule has 2 atom stereocenters. The lowest BCUT2D eigenvalue weighted by atomic mass is 9.93. The van der Waals surface area contributed by atoms with Crippen LogP contribution in [-0.2, 0) is 11.2 Å². The van der Waals surface area contributed by atoms with Crippen LogP contribution in [0.3, 0.4) is 0 Å². The molecule has 0 bridgehead atoms. The molecule has 0 amide bonds. The highest BCUT2D eigenvalue weighted by atomic mass is 35.5. The number of carboxylic acids is 1. The molecule has 1 fully saturated rings. The van der Waals surface area contributed by atoms with Gasteiger partial charge in [-0.3, -0.25) is 9.59 Å². The second-order valence-corrected chi connectivity index (χ2v) is 5.89. The maximum atomic E-state index is 12.6. The molecule has 1 aliphatic heterocycles. The Morgan fingerprint density at radius 2 is 2.00 bits per heavy atom. The predicted octanol–water partition coefficient (Wildman–Crippen LogP) is 2.96. The Labute approximate surface area is 121 Å². The molecule has 0 radical (unpaired) electrons. The minimum Gasteiger partial charge on any atom is -0.492 e. The van der Waals surface area contributed by atoms with Crippen LogP contribution in [0.15, 0.2) is 12.1 Å². The van der Waals surface area contributed by atoms with E-state index in [1.165, 1.54) is 0 Å². The smallest absolute Gasteiger partial charge is 0.306 e. The summed E-state index contributed by atoms with van der Waals surface area (Å²) < 4.78 is 5.54. The van der Waals surface area contributed by atoms with Crippen molar-refractivity contribution < 1.29 is 19.4 Å². The molecule has 0 aromatic heterocycles. The summed E-state index contributed by atoms with van der Waals surface area (Å²) in [5, 5.41) is 9.56. The zero-order chi connectivity index (χ0) is 14.3. The first-order valence-electron chi connectivity index (χ1n) is 6.78. The fourth-order valence-electron chi connectivity index (χ4n) is 3.12. The van der Waals surface area contributed by atoms with Crippen LogP contribution in [-0.4, -0.2) is 23.5 Å². The van der Waals surface area contributed by atoms with Crippen LogP contribution in [0.1, 0.15) is 35.2 Å². The third kappa shape index (κ3) is 2.29. The van der Waals surface area contributed by atoms with Gasteiger partial charge < -0.3 is 9.84 Å². The highest BCUT2D eigenvalue weighted by molar-refractivity contribution is 6.31. The van der Waals surface area contributed by atoms with Crippen LogP contribution >= 0.6 is 11.6 Å². The first-order valence-corrected chi connectivity index (χ1v) is 7.16. The van der Waals surface area contributed by atoms with Crippen molar-refractivity contribution in [1.29, 1.82) is 0 Å². The van der Waals surface area contributed by atoms with Crippen LogP contribution in [0.5, 0.6) is 5.75 Å². The number of aliphatic carboxylic acids is 1. The fourth-order valence-corrected chi connectivity index (χ4v) is 3.36. The highest BCUT2D eigenvalue weighted by Crippen LogP contribution is 2.39. The van der Waals surface area contributed by atoms with Crippen molar-refractivity contribution in [3.63, 3.8) is 0 Å². The lowest BCUT2D eigenvalue weighted by molar-refractivity contribution is -0.141. The Morgan fingerprint density at radius 3 is 2.70 bits per heavy atom. The molecular formula is C15H15ClO4. The number of hydrogen-bond acceptors (Lipinski definition) is 3. The summed E-state index contributed by atoms with van der Waals surface area (Å²) in [5.74, 6) is -0.847. The molecule has 4 nitrogen and oxygen atoms in total. The molecule has 20 heavy (non-hydrogen) atoms. The summed E-state index contributed by atoms with van der Waals surface area (Å²) in [5.41, 5.74) is 1.48. The van der Waals surface area contributed by atoms with Crippen molar-refractivity contribution in [2.45, 2.75) is 25.7 Å². The van der Waals surface area contributed by atoms with Crippen molar-refractivity contribution in [2.75, 3.05) is 6.61 Å². The average molecular weight is 295 g/mol. The number of carbonyl (C=O) groups is 2. The molecule has 5 heteroatoms. The molecule has 1 saturated carbocycles. The summed E-state index contributed by atoms with van der Waals surface area (Å²) in [7, 11) is 0. The van der Waals surface area contributed by atoms with E-state index in [4.69, 9.17) is 21.4 Å². The van der Waals surface area contributed by atoms with E-state index in [-0.39, 0.29) is 11.7 Å². The Kier molecular flexibility index (Phi) is 3.42. The summed E-state index contributed by atoms with van der Waals surface area (Å²) in [6.07, 6.45) is 2.36. The normalized spacial score (nSPS) is 24.2. The average Bonchev–Trinajstić information content (AvgIpc) is 3.05. The van der Waals surface area contributed by atoms with Gasteiger partial charge in [0.25, 0.3) is 0 Å². The molecule has 106 valence electrons. The minimum atomic E-state index is -0.812. The van der Waals surface area contributed by atoms with Gasteiger partial charge in [0, 0.05) is 17.4 Å². The molecule has 2 unspecified atom stereocenters. The number of Topliss-reactive ketones (excluding diaryl/α,β-unsaturated/α-hetero) is 1. The van der Waals surface area contributed by atoms with Gasteiger partial charge in [0.1, 0.15) is 5.75 Å². The van der Waals surface area contributed by atoms with Crippen molar-refractivity contribution in [3.05, 3.63) is 28.3 Å². The number of ether oxygens (including phenoxy) is 1. The lowest BCUT2D eigenvalue weighted by Gasteiger charge is -2.12. The van der Waals surface area contributed by atoms with Gasteiger partial charge in [0.15, 0.2) is 5.78 Å². The first kappa shape index (κ1) is 13.4. The quantitative estimate of drug-likeness (QED) is 0.871. The Hall–Kier alpha value is -1.55. The lowest BCUT2D eigenvalue weighted by Crippen LogP contribution is -2.15. The molecule has 1 aromatic carbocycles. The fraction of sp³-hybridized carbons (Fsp3) is 0.467. The van der Waals surface area contributed by atoms with Gasteiger partial charge in [-0.15, -0.1) is 0 Å². The van der Waals surface area contributed by atoms with Gasteiger partial charge in [-0.2, -0.15) is 0 Å². The Balaban J connectivity index is 1.87. The van der Waals surface area contributed by atoms with Crippen LogP contribution < -0.4 is 4.74 Å². The first-order chi connectivity index (χ1) is 9.56. The van der Waals surface area contributed by atoms with Gasteiger partial charge in [-0.1, -0.05) is 11.6 Å². The van der Waals surface area contributed by atoms with Crippen molar-refractivity contribution in [1.82, 2.24) is 0 Å². The third-order valence-corrected chi connectivity index (χ3v) is 4.38. The monoisotopic (exact) mass is 294 g/mol. The molecule has 2 aliphatic rings. The van der Waals surface area contributed by atoms with Crippen LogP contribution in [0.25, 0.3) is 0 Å².